The lowest BCUT2D eigenvalue weighted by Crippen LogP contribution is -2.26. The van der Waals surface area contributed by atoms with Crippen molar-refractivity contribution in [3.63, 3.8) is 0 Å². The highest BCUT2D eigenvalue weighted by Gasteiger charge is 2.27. The molecule has 0 aliphatic carbocycles. The van der Waals surface area contributed by atoms with E-state index >= 15 is 0 Å². The van der Waals surface area contributed by atoms with E-state index < -0.39 is 33.7 Å². The summed E-state index contributed by atoms with van der Waals surface area (Å²) in [6, 6.07) is 2.58. The molecule has 0 fully saturated rings. The summed E-state index contributed by atoms with van der Waals surface area (Å²) in [5.74, 6) is -3.01. The van der Waals surface area contributed by atoms with Crippen LogP contribution in [0.2, 0.25) is 0 Å². The molecule has 0 saturated carbocycles. The Morgan fingerprint density at radius 3 is 2.59 bits per heavy atom. The number of carbonyl (C=O) groups is 1. The van der Waals surface area contributed by atoms with Crippen molar-refractivity contribution in [1.82, 2.24) is 0 Å². The van der Waals surface area contributed by atoms with Crippen molar-refractivity contribution in [2.24, 2.45) is 0 Å². The summed E-state index contributed by atoms with van der Waals surface area (Å²) in [4.78, 5) is 10.6. The van der Waals surface area contributed by atoms with E-state index in [1.807, 2.05) is 0 Å². The summed E-state index contributed by atoms with van der Waals surface area (Å²) in [5.41, 5.74) is 0. The fourth-order valence-corrected chi connectivity index (χ4v) is 2.77. The van der Waals surface area contributed by atoms with Gasteiger partial charge < -0.3 is 5.11 Å². The molecule has 0 heterocycles. The normalized spacial score (nSPS) is 14.3. The first-order valence-electron chi connectivity index (χ1n) is 5.05. The van der Waals surface area contributed by atoms with Crippen molar-refractivity contribution in [2.75, 3.05) is 0 Å². The molecule has 1 aromatic rings. The number of hydrogen-bond acceptors (Lipinski definition) is 2. The highest BCUT2D eigenvalue weighted by Crippen LogP contribution is 2.19. The average molecular weight is 262 g/mol. The third kappa shape index (κ3) is 3.33. The highest BCUT2D eigenvalue weighted by molar-refractivity contribution is 7.86. The number of rotatable bonds is 5. The van der Waals surface area contributed by atoms with Crippen molar-refractivity contribution in [3.05, 3.63) is 29.8 Å². The third-order valence-electron chi connectivity index (χ3n) is 2.20. The minimum Gasteiger partial charge on any atom is -0.480 e. The molecule has 2 atom stereocenters. The molecule has 6 heteroatoms. The molecule has 0 amide bonds. The van der Waals surface area contributed by atoms with Gasteiger partial charge in [0.1, 0.15) is 16.9 Å². The van der Waals surface area contributed by atoms with Gasteiger partial charge in [0.15, 0.2) is 0 Å². The number of benzene rings is 1. The fraction of sp³-hybridized carbons (Fsp3) is 0.364. The van der Waals surface area contributed by atoms with Crippen molar-refractivity contribution in [3.8, 4) is 0 Å². The second-order valence-corrected chi connectivity index (χ2v) is 5.09. The molecule has 0 aromatic heterocycles. The molecule has 1 rings (SSSR count). The molecule has 1 N–H and O–H groups in total. The van der Waals surface area contributed by atoms with E-state index in [-0.39, 0.29) is 11.3 Å². The Kier molecular flexibility index (Phi) is 4.74. The molecule has 1 aromatic carbocycles. The number of carboxylic acids is 1. The number of carboxylic acid groups (broad SMARTS) is 1. The minimum atomic E-state index is -2.01. The third-order valence-corrected chi connectivity index (χ3v) is 3.91. The van der Waals surface area contributed by atoms with E-state index in [2.05, 4.69) is 0 Å². The maximum Gasteiger partial charge on any atom is 0.319 e. The SMILES string of the molecule is CCCC(C(=O)O)S(=O)c1ccc(F)cc1F. The van der Waals surface area contributed by atoms with Gasteiger partial charge in [-0.25, -0.2) is 8.78 Å². The minimum absolute atomic E-state index is 0.179. The monoisotopic (exact) mass is 262 g/mol. The second kappa shape index (κ2) is 5.86. The lowest BCUT2D eigenvalue weighted by atomic mass is 10.2. The lowest BCUT2D eigenvalue weighted by molar-refractivity contribution is -0.136. The molecule has 0 bridgehead atoms. The molecule has 0 saturated heterocycles. The molecule has 0 spiro atoms. The Hall–Kier alpha value is -1.30. The van der Waals surface area contributed by atoms with E-state index in [1.54, 1.807) is 6.92 Å². The smallest absolute Gasteiger partial charge is 0.319 e. The van der Waals surface area contributed by atoms with Gasteiger partial charge in [-0.2, -0.15) is 0 Å². The van der Waals surface area contributed by atoms with Crippen LogP contribution < -0.4 is 0 Å². The Balaban J connectivity index is 3.05. The standard InChI is InChI=1S/C11H12F2O3S/c1-2-3-10(11(14)15)17(16)9-5-4-7(12)6-8(9)13/h4-6,10H,2-3H2,1H3,(H,14,15). The topological polar surface area (TPSA) is 54.4 Å². The zero-order valence-corrected chi connectivity index (χ0v) is 9.97. The van der Waals surface area contributed by atoms with Gasteiger partial charge in [0, 0.05) is 6.07 Å². The summed E-state index contributed by atoms with van der Waals surface area (Å²) in [5, 5.41) is 7.73. The van der Waals surface area contributed by atoms with Crippen LogP contribution in [0.25, 0.3) is 0 Å². The van der Waals surface area contributed by atoms with Gasteiger partial charge in [0.05, 0.1) is 15.7 Å². The van der Waals surface area contributed by atoms with Gasteiger partial charge in [-0.3, -0.25) is 9.00 Å². The lowest BCUT2D eigenvalue weighted by Gasteiger charge is -2.11. The van der Waals surface area contributed by atoms with E-state index in [0.29, 0.717) is 12.5 Å². The molecule has 17 heavy (non-hydrogen) atoms. The summed E-state index contributed by atoms with van der Waals surface area (Å²) in [6.45, 7) is 1.74. The summed E-state index contributed by atoms with van der Waals surface area (Å²) >= 11 is 0. The van der Waals surface area contributed by atoms with E-state index in [9.17, 15) is 17.8 Å². The van der Waals surface area contributed by atoms with Crippen LogP contribution in [0, 0.1) is 11.6 Å². The second-order valence-electron chi connectivity index (χ2n) is 3.49. The van der Waals surface area contributed by atoms with E-state index in [0.717, 1.165) is 12.1 Å². The molecular weight excluding hydrogens is 250 g/mol. The van der Waals surface area contributed by atoms with Crippen LogP contribution in [0.4, 0.5) is 8.78 Å². The predicted octanol–water partition coefficient (Wildman–Crippen LogP) is 2.33. The molecule has 3 nitrogen and oxygen atoms in total. The van der Waals surface area contributed by atoms with Gasteiger partial charge in [-0.15, -0.1) is 0 Å². The maximum absolute atomic E-state index is 13.3. The summed E-state index contributed by atoms with van der Waals surface area (Å²) in [6.07, 6.45) is 0.699. The van der Waals surface area contributed by atoms with Crippen molar-refractivity contribution >= 4 is 16.8 Å². The quantitative estimate of drug-likeness (QED) is 0.886. The van der Waals surface area contributed by atoms with Gasteiger partial charge in [0.2, 0.25) is 0 Å². The van der Waals surface area contributed by atoms with Crippen molar-refractivity contribution in [2.45, 2.75) is 29.9 Å². The van der Waals surface area contributed by atoms with Crippen LogP contribution in [0.5, 0.6) is 0 Å². The van der Waals surface area contributed by atoms with Crippen molar-refractivity contribution < 1.29 is 22.9 Å². The van der Waals surface area contributed by atoms with Crippen LogP contribution in [0.1, 0.15) is 19.8 Å². The first-order chi connectivity index (χ1) is 7.97. The summed E-state index contributed by atoms with van der Waals surface area (Å²) in [7, 11) is -2.01. The molecule has 0 aliphatic rings. The van der Waals surface area contributed by atoms with Crippen LogP contribution >= 0.6 is 0 Å². The first-order valence-corrected chi connectivity index (χ1v) is 6.27. The molecule has 0 radical (unpaired) electrons. The maximum atomic E-state index is 13.3. The van der Waals surface area contributed by atoms with E-state index in [1.165, 1.54) is 0 Å². The zero-order chi connectivity index (χ0) is 13.0. The Morgan fingerprint density at radius 2 is 2.12 bits per heavy atom. The number of halogens is 2. The Bertz CT molecular complexity index is 448. The first kappa shape index (κ1) is 13.8. The van der Waals surface area contributed by atoms with Crippen LogP contribution in [0.3, 0.4) is 0 Å². The van der Waals surface area contributed by atoms with Gasteiger partial charge in [-0.05, 0) is 18.6 Å². The zero-order valence-electron chi connectivity index (χ0n) is 9.15. The van der Waals surface area contributed by atoms with Crippen LogP contribution in [-0.2, 0) is 15.6 Å². The molecule has 94 valence electrons. The highest BCUT2D eigenvalue weighted by atomic mass is 32.2. The van der Waals surface area contributed by atoms with Gasteiger partial charge in [-0.1, -0.05) is 13.3 Å². The average Bonchev–Trinajstić information content (AvgIpc) is 2.24. The van der Waals surface area contributed by atoms with Gasteiger partial charge >= 0.3 is 5.97 Å². The fourth-order valence-electron chi connectivity index (χ4n) is 1.38. The molecule has 2 unspecified atom stereocenters. The predicted molar refractivity (Wildman–Crippen MR) is 59.1 cm³/mol. The molecule has 0 aliphatic heterocycles. The van der Waals surface area contributed by atoms with E-state index in [4.69, 9.17) is 5.11 Å². The Labute approximate surface area is 99.9 Å². The number of aliphatic carboxylic acids is 1. The van der Waals surface area contributed by atoms with Crippen LogP contribution in [-0.4, -0.2) is 20.5 Å². The largest absolute Gasteiger partial charge is 0.480 e. The summed E-state index contributed by atoms with van der Waals surface area (Å²) < 4.78 is 37.9. The number of hydrogen-bond donors (Lipinski definition) is 1. The van der Waals surface area contributed by atoms with Gasteiger partial charge in [0.25, 0.3) is 0 Å². The van der Waals surface area contributed by atoms with Crippen molar-refractivity contribution in [1.29, 1.82) is 0 Å². The molecular formula is C11H12F2O3S. The van der Waals surface area contributed by atoms with Crippen LogP contribution in [0.15, 0.2) is 23.1 Å². The Morgan fingerprint density at radius 1 is 1.47 bits per heavy atom.